The van der Waals surface area contributed by atoms with Crippen molar-refractivity contribution in [3.63, 3.8) is 0 Å². The van der Waals surface area contributed by atoms with E-state index in [4.69, 9.17) is 13.9 Å². The molecule has 0 aliphatic carbocycles. The minimum absolute atomic E-state index is 0.0167. The number of hydrogen-bond donors (Lipinski definition) is 2. The molecule has 3 aliphatic rings. The van der Waals surface area contributed by atoms with Crippen LogP contribution in [-0.4, -0.2) is 90.5 Å². The quantitative estimate of drug-likeness (QED) is 0.0956. The molecule has 3 saturated heterocycles. The third-order valence-electron chi connectivity index (χ3n) is 12.7. The molecular formula is C43H58F3N5O4Si. The largest absolute Gasteiger partial charge is 0.543 e. The highest BCUT2D eigenvalue weighted by Crippen LogP contribution is 2.46. The van der Waals surface area contributed by atoms with E-state index in [1.165, 1.54) is 12.3 Å². The molecule has 56 heavy (non-hydrogen) atoms. The fraction of sp³-hybridized carbons (Fsp3) is 0.605. The third-order valence-corrected chi connectivity index (χ3v) is 18.7. The summed E-state index contributed by atoms with van der Waals surface area (Å²) in [6.07, 6.45) is 6.75. The molecule has 2 N–H and O–H groups in total. The van der Waals surface area contributed by atoms with Gasteiger partial charge in [0.1, 0.15) is 35.6 Å². The highest BCUT2D eigenvalue weighted by atomic mass is 28.4. The maximum absolute atomic E-state index is 17.2. The van der Waals surface area contributed by atoms with Crippen LogP contribution in [0.1, 0.15) is 92.1 Å². The van der Waals surface area contributed by atoms with E-state index in [1.807, 2.05) is 6.07 Å². The third kappa shape index (κ3) is 7.85. The summed E-state index contributed by atoms with van der Waals surface area (Å²) in [7, 11) is -2.46. The number of aromatic hydroxyl groups is 1. The van der Waals surface area contributed by atoms with Gasteiger partial charge in [-0.05, 0) is 109 Å². The van der Waals surface area contributed by atoms with Crippen molar-refractivity contribution >= 4 is 30.0 Å². The first-order chi connectivity index (χ1) is 26.8. The first kappa shape index (κ1) is 40.7. The number of ether oxygens (including phenoxy) is 2. The standard InChI is InChI=1S/C43H58F3N5O4Si/c1-26(2)56(27(3)4,28(5)6)55-32-19-29-13-14-36(45)33(12-9-18-53-31-11-7-8-16-47-22-31)37(29)34(20-32)39-38(46)40-35(23-48-39)41(52)50-42(49-40)54-25-43-15-10-17-51(43)24-30(44)21-43/h13-14,19-20,23,26-28,30-31,47H,7-12,15-18,21-22,24-25H2,1-6H3,(H,49,50,52)/t30-,31?,43+/m1/s1. The summed E-state index contributed by atoms with van der Waals surface area (Å²) < 4.78 is 67.0. The molecule has 0 amide bonds. The summed E-state index contributed by atoms with van der Waals surface area (Å²) in [5, 5.41) is 15.7. The molecule has 2 aromatic carbocycles. The van der Waals surface area contributed by atoms with Crippen molar-refractivity contribution < 1.29 is 32.2 Å². The average molecular weight is 794 g/mol. The molecule has 0 saturated carbocycles. The Morgan fingerprint density at radius 2 is 1.82 bits per heavy atom. The van der Waals surface area contributed by atoms with Gasteiger partial charge in [0.25, 0.3) is 8.32 Å². The summed E-state index contributed by atoms with van der Waals surface area (Å²) in [5.74, 6) is -1.08. The highest BCUT2D eigenvalue weighted by molar-refractivity contribution is 6.78. The van der Waals surface area contributed by atoms with E-state index >= 15 is 8.78 Å². The molecule has 0 bridgehead atoms. The number of benzene rings is 2. The summed E-state index contributed by atoms with van der Waals surface area (Å²) in [6, 6.07) is 6.73. The van der Waals surface area contributed by atoms with Gasteiger partial charge in [0.05, 0.1) is 17.0 Å². The number of aryl methyl sites for hydroxylation is 1. The van der Waals surface area contributed by atoms with Crippen LogP contribution in [0, 0.1) is 11.6 Å². The molecule has 1 unspecified atom stereocenters. The lowest BCUT2D eigenvalue weighted by Gasteiger charge is -2.42. The van der Waals surface area contributed by atoms with E-state index in [9.17, 15) is 9.50 Å². The molecule has 7 rings (SSSR count). The van der Waals surface area contributed by atoms with E-state index in [0.717, 1.165) is 51.7 Å². The number of nitrogens with zero attached hydrogens (tertiary/aromatic N) is 4. The lowest BCUT2D eigenvalue weighted by molar-refractivity contribution is 0.0494. The fourth-order valence-corrected chi connectivity index (χ4v) is 15.3. The number of alkyl halides is 1. The van der Waals surface area contributed by atoms with Crippen molar-refractivity contribution in [2.45, 2.75) is 127 Å². The molecule has 0 spiro atoms. The van der Waals surface area contributed by atoms with Crippen LogP contribution in [0.2, 0.25) is 16.6 Å². The maximum Gasteiger partial charge on any atom is 0.320 e. The van der Waals surface area contributed by atoms with E-state index in [2.05, 4.69) is 66.7 Å². The molecule has 0 radical (unpaired) electrons. The number of fused-ring (bicyclic) bond motifs is 3. The Bertz CT molecular complexity index is 2010. The predicted octanol–water partition coefficient (Wildman–Crippen LogP) is 9.43. The van der Waals surface area contributed by atoms with Crippen LogP contribution in [0.25, 0.3) is 32.9 Å². The zero-order valence-electron chi connectivity index (χ0n) is 33.8. The normalized spacial score (nSPS) is 22.1. The van der Waals surface area contributed by atoms with Crippen molar-refractivity contribution in [2.24, 2.45) is 0 Å². The molecule has 13 heteroatoms. The second-order valence-corrected chi connectivity index (χ2v) is 22.6. The Morgan fingerprint density at radius 3 is 2.59 bits per heavy atom. The number of aromatic nitrogens is 3. The fourth-order valence-electron chi connectivity index (χ4n) is 10.1. The van der Waals surface area contributed by atoms with E-state index in [1.54, 1.807) is 12.1 Å². The first-order valence-corrected chi connectivity index (χ1v) is 22.8. The van der Waals surface area contributed by atoms with Gasteiger partial charge in [-0.25, -0.2) is 13.2 Å². The van der Waals surface area contributed by atoms with Crippen LogP contribution in [-0.2, 0) is 11.2 Å². The lowest BCUT2D eigenvalue weighted by Crippen LogP contribution is -2.50. The van der Waals surface area contributed by atoms with Gasteiger partial charge in [0, 0.05) is 37.9 Å². The van der Waals surface area contributed by atoms with Crippen LogP contribution >= 0.6 is 0 Å². The molecule has 304 valence electrons. The van der Waals surface area contributed by atoms with Crippen molar-refractivity contribution in [1.82, 2.24) is 25.2 Å². The summed E-state index contributed by atoms with van der Waals surface area (Å²) in [6.45, 7) is 16.8. The molecule has 2 aromatic heterocycles. The smallest absolute Gasteiger partial charge is 0.320 e. The summed E-state index contributed by atoms with van der Waals surface area (Å²) in [5.41, 5.74) is 0.952. The number of rotatable bonds is 14. The Balaban J connectivity index is 1.30. The van der Waals surface area contributed by atoms with Gasteiger partial charge in [-0.3, -0.25) is 9.88 Å². The second kappa shape index (κ2) is 16.8. The zero-order chi connectivity index (χ0) is 39.8. The van der Waals surface area contributed by atoms with Gasteiger partial charge in [-0.15, -0.1) is 0 Å². The van der Waals surface area contributed by atoms with Crippen molar-refractivity contribution in [3.8, 4) is 28.9 Å². The minimum Gasteiger partial charge on any atom is -0.543 e. The Labute approximate surface area is 329 Å². The number of pyridine rings is 1. The Morgan fingerprint density at radius 1 is 1.04 bits per heavy atom. The molecule has 3 aliphatic heterocycles. The SMILES string of the molecule is CC(C)[Si](Oc1cc(-c2ncc3c(O)nc(OC[C@@]45CCCN4C[C@H](F)C5)nc3c2F)c2c(CCCOC3CCCCNC3)c(F)ccc2c1)(C(C)C)C(C)C. The first-order valence-electron chi connectivity index (χ1n) is 20.7. The minimum atomic E-state index is -2.46. The van der Waals surface area contributed by atoms with Crippen LogP contribution in [0.3, 0.4) is 0 Å². The Kier molecular flexibility index (Phi) is 12.2. The highest BCUT2D eigenvalue weighted by Gasteiger charge is 2.50. The van der Waals surface area contributed by atoms with Crippen LogP contribution < -0.4 is 14.5 Å². The summed E-state index contributed by atoms with van der Waals surface area (Å²) in [4.78, 5) is 15.2. The van der Waals surface area contributed by atoms with Crippen molar-refractivity contribution in [1.29, 1.82) is 0 Å². The van der Waals surface area contributed by atoms with Crippen LogP contribution in [0.4, 0.5) is 13.2 Å². The van der Waals surface area contributed by atoms with E-state index < -0.39 is 37.5 Å². The summed E-state index contributed by atoms with van der Waals surface area (Å²) >= 11 is 0. The number of nitrogens with one attached hydrogen (secondary N) is 1. The van der Waals surface area contributed by atoms with Gasteiger partial charge in [0.15, 0.2) is 5.82 Å². The zero-order valence-corrected chi connectivity index (χ0v) is 34.8. The topological polar surface area (TPSA) is 102 Å². The maximum atomic E-state index is 17.2. The van der Waals surface area contributed by atoms with E-state index in [0.29, 0.717) is 60.1 Å². The number of halogens is 3. The monoisotopic (exact) mass is 793 g/mol. The molecule has 5 heterocycles. The van der Waals surface area contributed by atoms with Crippen molar-refractivity contribution in [3.05, 3.63) is 47.7 Å². The average Bonchev–Trinajstić information content (AvgIpc) is 3.55. The molecule has 9 nitrogen and oxygen atoms in total. The lowest BCUT2D eigenvalue weighted by atomic mass is 9.93. The molecule has 3 fully saturated rings. The van der Waals surface area contributed by atoms with Gasteiger partial charge in [-0.2, -0.15) is 9.97 Å². The van der Waals surface area contributed by atoms with Gasteiger partial charge < -0.3 is 24.3 Å². The van der Waals surface area contributed by atoms with Gasteiger partial charge in [-0.1, -0.05) is 47.6 Å². The van der Waals surface area contributed by atoms with Crippen molar-refractivity contribution in [2.75, 3.05) is 39.4 Å². The molecule has 4 aromatic rings. The number of hydrogen-bond acceptors (Lipinski definition) is 9. The van der Waals surface area contributed by atoms with E-state index in [-0.39, 0.29) is 51.9 Å². The van der Waals surface area contributed by atoms with Gasteiger partial charge >= 0.3 is 6.01 Å². The second-order valence-electron chi connectivity index (χ2n) is 17.2. The van der Waals surface area contributed by atoms with Gasteiger partial charge in [0.2, 0.25) is 5.88 Å². The molecule has 3 atom stereocenters. The van der Waals surface area contributed by atoms with Crippen LogP contribution in [0.15, 0.2) is 30.5 Å². The Hall–Kier alpha value is -3.52. The molecular weight excluding hydrogens is 736 g/mol. The van der Waals surface area contributed by atoms with Crippen LogP contribution in [0.5, 0.6) is 17.6 Å². The predicted molar refractivity (Wildman–Crippen MR) is 217 cm³/mol.